The predicted molar refractivity (Wildman–Crippen MR) is 89.1 cm³/mol. The molecule has 1 aromatic carbocycles. The molecule has 3 unspecified atom stereocenters. The van der Waals surface area contributed by atoms with Crippen molar-refractivity contribution in [2.45, 2.75) is 25.8 Å². The summed E-state index contributed by atoms with van der Waals surface area (Å²) < 4.78 is 0. The van der Waals surface area contributed by atoms with Crippen molar-refractivity contribution in [3.63, 3.8) is 0 Å². The Hall–Kier alpha value is -2.37. The maximum absolute atomic E-state index is 12.9. The van der Waals surface area contributed by atoms with Crippen LogP contribution in [0.25, 0.3) is 0 Å². The van der Waals surface area contributed by atoms with E-state index < -0.39 is 11.9 Å². The molecule has 130 valence electrons. The summed E-state index contributed by atoms with van der Waals surface area (Å²) in [5.41, 5.74) is 0.922. The number of nitrogens with zero attached hydrogens (tertiary/aromatic N) is 2. The van der Waals surface area contributed by atoms with Crippen molar-refractivity contribution in [3.05, 3.63) is 35.9 Å². The van der Waals surface area contributed by atoms with Crippen molar-refractivity contribution < 1.29 is 19.5 Å². The molecule has 1 aliphatic rings. The number of carbonyl (C=O) groups excluding carboxylic acids is 2. The lowest BCUT2D eigenvalue weighted by Crippen LogP contribution is -2.47. The van der Waals surface area contributed by atoms with Gasteiger partial charge in [-0.05, 0) is 12.0 Å². The Morgan fingerprint density at radius 1 is 1.33 bits per heavy atom. The van der Waals surface area contributed by atoms with Crippen molar-refractivity contribution in [2.24, 2.45) is 11.8 Å². The second-order valence-electron chi connectivity index (χ2n) is 6.46. The molecule has 0 bridgehead atoms. The van der Waals surface area contributed by atoms with Gasteiger partial charge in [0.15, 0.2) is 0 Å². The molecule has 0 aromatic heterocycles. The molecule has 3 atom stereocenters. The third kappa shape index (κ3) is 3.75. The summed E-state index contributed by atoms with van der Waals surface area (Å²) in [4.78, 5) is 39.1. The Morgan fingerprint density at radius 3 is 2.54 bits per heavy atom. The number of amides is 2. The Kier molecular flexibility index (Phi) is 5.59. The van der Waals surface area contributed by atoms with E-state index >= 15 is 0 Å². The van der Waals surface area contributed by atoms with Gasteiger partial charge in [0.1, 0.15) is 0 Å². The van der Waals surface area contributed by atoms with Crippen LogP contribution in [0.1, 0.15) is 31.4 Å². The second kappa shape index (κ2) is 7.47. The zero-order valence-corrected chi connectivity index (χ0v) is 14.3. The Bertz CT molecular complexity index is 617. The summed E-state index contributed by atoms with van der Waals surface area (Å²) in [5, 5.41) is 9.04. The highest BCUT2D eigenvalue weighted by Gasteiger charge is 2.40. The first-order valence-corrected chi connectivity index (χ1v) is 8.11. The van der Waals surface area contributed by atoms with E-state index in [0.717, 1.165) is 5.56 Å². The number of carboxylic acid groups (broad SMARTS) is 1. The third-order valence-corrected chi connectivity index (χ3v) is 4.66. The van der Waals surface area contributed by atoms with Crippen LogP contribution in [-0.4, -0.2) is 53.3 Å². The van der Waals surface area contributed by atoms with Crippen LogP contribution in [0.15, 0.2) is 30.3 Å². The minimum absolute atomic E-state index is 0.0226. The van der Waals surface area contributed by atoms with Gasteiger partial charge in [0.05, 0.1) is 17.9 Å². The van der Waals surface area contributed by atoms with Crippen molar-refractivity contribution >= 4 is 17.8 Å². The van der Waals surface area contributed by atoms with Crippen LogP contribution >= 0.6 is 0 Å². The molecule has 1 heterocycles. The number of rotatable bonds is 5. The van der Waals surface area contributed by atoms with Gasteiger partial charge in [-0.1, -0.05) is 37.3 Å². The van der Waals surface area contributed by atoms with Crippen LogP contribution < -0.4 is 0 Å². The maximum atomic E-state index is 12.9. The predicted octanol–water partition coefficient (Wildman–Crippen LogP) is 1.78. The Morgan fingerprint density at radius 2 is 1.96 bits per heavy atom. The molecule has 0 aliphatic carbocycles. The molecule has 1 aliphatic heterocycles. The van der Waals surface area contributed by atoms with Gasteiger partial charge in [0, 0.05) is 27.1 Å². The molecular weight excluding hydrogens is 308 g/mol. The Balaban J connectivity index is 2.23. The van der Waals surface area contributed by atoms with Gasteiger partial charge in [-0.25, -0.2) is 0 Å². The third-order valence-electron chi connectivity index (χ3n) is 4.66. The van der Waals surface area contributed by atoms with Gasteiger partial charge in [0.2, 0.25) is 11.8 Å². The molecule has 2 rings (SSSR count). The van der Waals surface area contributed by atoms with Crippen LogP contribution in [0, 0.1) is 11.8 Å². The minimum Gasteiger partial charge on any atom is -0.481 e. The number of carboxylic acids is 1. The minimum atomic E-state index is -0.926. The van der Waals surface area contributed by atoms with Crippen molar-refractivity contribution in [3.8, 4) is 0 Å². The van der Waals surface area contributed by atoms with Crippen molar-refractivity contribution in [1.29, 1.82) is 0 Å². The van der Waals surface area contributed by atoms with Crippen LogP contribution in [0.4, 0.5) is 0 Å². The molecule has 0 radical (unpaired) electrons. The van der Waals surface area contributed by atoms with Crippen LogP contribution in [0.3, 0.4) is 0 Å². The standard InChI is InChI=1S/C18H24N2O4/c1-12(18(23)24)11-19(2)17(22)14-9-10-15(21)20(3)16(14)13-7-5-4-6-8-13/h4-8,12,14,16H,9-11H2,1-3H3,(H,23,24). The Labute approximate surface area is 142 Å². The summed E-state index contributed by atoms with van der Waals surface area (Å²) in [6.45, 7) is 1.74. The first kappa shape index (κ1) is 18.0. The van der Waals surface area contributed by atoms with E-state index in [4.69, 9.17) is 5.11 Å². The van der Waals surface area contributed by atoms with E-state index in [9.17, 15) is 14.4 Å². The number of piperidine rings is 1. The summed E-state index contributed by atoms with van der Waals surface area (Å²) in [7, 11) is 3.35. The van der Waals surface area contributed by atoms with Gasteiger partial charge in [-0.2, -0.15) is 0 Å². The van der Waals surface area contributed by atoms with Crippen LogP contribution in [0.2, 0.25) is 0 Å². The fraction of sp³-hybridized carbons (Fsp3) is 0.500. The molecule has 0 saturated carbocycles. The normalized spacial score (nSPS) is 22.1. The zero-order chi connectivity index (χ0) is 17.9. The summed E-state index contributed by atoms with van der Waals surface area (Å²) in [6, 6.07) is 9.19. The zero-order valence-electron chi connectivity index (χ0n) is 14.3. The van der Waals surface area contributed by atoms with Gasteiger partial charge in [-0.3, -0.25) is 14.4 Å². The summed E-state index contributed by atoms with van der Waals surface area (Å²) in [6.07, 6.45) is 0.811. The monoisotopic (exact) mass is 332 g/mol. The fourth-order valence-corrected chi connectivity index (χ4v) is 3.26. The van der Waals surface area contributed by atoms with E-state index in [2.05, 4.69) is 0 Å². The summed E-state index contributed by atoms with van der Waals surface area (Å²) in [5.74, 6) is -2.01. The van der Waals surface area contributed by atoms with E-state index in [1.54, 1.807) is 25.9 Å². The number of hydrogen-bond donors (Lipinski definition) is 1. The molecular formula is C18H24N2O4. The van der Waals surface area contributed by atoms with E-state index in [0.29, 0.717) is 12.8 Å². The largest absolute Gasteiger partial charge is 0.481 e. The second-order valence-corrected chi connectivity index (χ2v) is 6.46. The molecule has 1 saturated heterocycles. The number of likely N-dealkylation sites (tertiary alicyclic amines) is 1. The van der Waals surface area contributed by atoms with Gasteiger partial charge < -0.3 is 14.9 Å². The first-order chi connectivity index (χ1) is 11.3. The van der Waals surface area contributed by atoms with Crippen molar-refractivity contribution in [2.75, 3.05) is 20.6 Å². The summed E-state index contributed by atoms with van der Waals surface area (Å²) >= 11 is 0. The molecule has 1 N–H and O–H groups in total. The highest BCUT2D eigenvalue weighted by Crippen LogP contribution is 2.36. The van der Waals surface area contributed by atoms with E-state index in [1.807, 2.05) is 30.3 Å². The molecule has 24 heavy (non-hydrogen) atoms. The lowest BCUT2D eigenvalue weighted by Gasteiger charge is -2.40. The maximum Gasteiger partial charge on any atom is 0.308 e. The van der Waals surface area contributed by atoms with Gasteiger partial charge in [0.25, 0.3) is 0 Å². The number of benzene rings is 1. The SMILES string of the molecule is CC(CN(C)C(=O)C1CCC(=O)N(C)C1c1ccccc1)C(=O)O. The van der Waals surface area contributed by atoms with E-state index in [-0.39, 0.29) is 30.3 Å². The smallest absolute Gasteiger partial charge is 0.308 e. The number of aliphatic carboxylic acids is 1. The quantitative estimate of drug-likeness (QED) is 0.891. The molecule has 1 aromatic rings. The van der Waals surface area contributed by atoms with Gasteiger partial charge in [-0.15, -0.1) is 0 Å². The fourth-order valence-electron chi connectivity index (χ4n) is 3.26. The molecule has 2 amide bonds. The number of carbonyl (C=O) groups is 3. The van der Waals surface area contributed by atoms with Crippen molar-refractivity contribution in [1.82, 2.24) is 9.80 Å². The van der Waals surface area contributed by atoms with Gasteiger partial charge >= 0.3 is 5.97 Å². The van der Waals surface area contributed by atoms with Crippen LogP contribution in [-0.2, 0) is 14.4 Å². The average Bonchev–Trinajstić information content (AvgIpc) is 2.57. The topological polar surface area (TPSA) is 77.9 Å². The first-order valence-electron chi connectivity index (χ1n) is 8.11. The number of hydrogen-bond acceptors (Lipinski definition) is 3. The lowest BCUT2D eigenvalue weighted by atomic mass is 9.83. The highest BCUT2D eigenvalue weighted by atomic mass is 16.4. The molecule has 6 heteroatoms. The average molecular weight is 332 g/mol. The molecule has 1 fully saturated rings. The lowest BCUT2D eigenvalue weighted by molar-refractivity contribution is -0.147. The molecule has 6 nitrogen and oxygen atoms in total. The van der Waals surface area contributed by atoms with Crippen LogP contribution in [0.5, 0.6) is 0 Å². The highest BCUT2D eigenvalue weighted by molar-refractivity contribution is 5.85. The molecule has 0 spiro atoms. The van der Waals surface area contributed by atoms with E-state index in [1.165, 1.54) is 4.90 Å².